The second-order valence-corrected chi connectivity index (χ2v) is 10.5. The number of hydrogen-bond donors (Lipinski definition) is 3. The SMILES string of the molecule is CC(=O)NC1=CC(=[N+]2CCCC2)C(C)=C/C1=C1\C(=O)C(c2cc(C)c(N3CCCC3)cc2NC(C)=O)=C1O. The van der Waals surface area contributed by atoms with Crippen LogP contribution in [0.25, 0.3) is 5.57 Å². The molecule has 0 radical (unpaired) electrons. The van der Waals surface area contributed by atoms with Crippen molar-refractivity contribution in [2.45, 2.75) is 53.4 Å². The highest BCUT2D eigenvalue weighted by Crippen LogP contribution is 2.44. The van der Waals surface area contributed by atoms with E-state index in [1.807, 2.05) is 38.1 Å². The summed E-state index contributed by atoms with van der Waals surface area (Å²) in [4.78, 5) is 40.0. The monoisotopic (exact) mass is 515 g/mol. The van der Waals surface area contributed by atoms with E-state index in [0.717, 1.165) is 74.4 Å². The molecule has 1 aromatic carbocycles. The second kappa shape index (κ2) is 10.1. The quantitative estimate of drug-likeness (QED) is 0.417. The smallest absolute Gasteiger partial charge is 0.221 e. The molecule has 38 heavy (non-hydrogen) atoms. The molecule has 2 amide bonds. The molecule has 0 aromatic heterocycles. The lowest BCUT2D eigenvalue weighted by Crippen LogP contribution is -2.31. The normalized spacial score (nSPS) is 21.5. The van der Waals surface area contributed by atoms with E-state index in [4.69, 9.17) is 0 Å². The number of aliphatic hydroxyl groups is 1. The number of amides is 2. The first-order chi connectivity index (χ1) is 18.2. The maximum Gasteiger partial charge on any atom is 0.221 e. The van der Waals surface area contributed by atoms with Crippen LogP contribution in [0.1, 0.15) is 57.6 Å². The van der Waals surface area contributed by atoms with Gasteiger partial charge < -0.3 is 20.6 Å². The Kier molecular flexibility index (Phi) is 6.82. The van der Waals surface area contributed by atoms with Crippen LogP contribution in [0.2, 0.25) is 0 Å². The summed E-state index contributed by atoms with van der Waals surface area (Å²) in [5, 5.41) is 17.0. The number of allylic oxidation sites excluding steroid dienone is 5. The van der Waals surface area contributed by atoms with E-state index >= 15 is 0 Å². The second-order valence-electron chi connectivity index (χ2n) is 10.5. The molecule has 2 fully saturated rings. The molecule has 3 N–H and O–H groups in total. The average Bonchev–Trinajstić information content (AvgIpc) is 3.57. The van der Waals surface area contributed by atoms with Crippen LogP contribution in [0.3, 0.4) is 0 Å². The Labute approximate surface area is 223 Å². The maximum atomic E-state index is 13.7. The Bertz CT molecular complexity index is 1410. The lowest BCUT2D eigenvalue weighted by atomic mass is 9.77. The molecule has 2 aliphatic heterocycles. The van der Waals surface area contributed by atoms with Crippen molar-refractivity contribution in [1.29, 1.82) is 0 Å². The molecule has 1 aromatic rings. The molecule has 4 aliphatic rings. The zero-order chi connectivity index (χ0) is 27.1. The highest BCUT2D eigenvalue weighted by Gasteiger charge is 2.40. The molecule has 2 saturated heterocycles. The Hall–Kier alpha value is -3.94. The van der Waals surface area contributed by atoms with Crippen molar-refractivity contribution in [2.75, 3.05) is 36.4 Å². The van der Waals surface area contributed by atoms with Gasteiger partial charge in [0, 0.05) is 68.3 Å². The van der Waals surface area contributed by atoms with Crippen molar-refractivity contribution in [2.24, 2.45) is 0 Å². The zero-order valence-corrected chi connectivity index (χ0v) is 22.5. The molecule has 5 rings (SSSR count). The van der Waals surface area contributed by atoms with E-state index in [-0.39, 0.29) is 34.5 Å². The number of rotatable bonds is 4. The van der Waals surface area contributed by atoms with E-state index < -0.39 is 0 Å². The van der Waals surface area contributed by atoms with E-state index in [0.29, 0.717) is 22.5 Å². The van der Waals surface area contributed by atoms with Gasteiger partial charge in [-0.05, 0) is 50.5 Å². The third-order valence-corrected chi connectivity index (χ3v) is 7.65. The van der Waals surface area contributed by atoms with Gasteiger partial charge in [-0.2, -0.15) is 0 Å². The topological polar surface area (TPSA) is 102 Å². The van der Waals surface area contributed by atoms with Gasteiger partial charge in [-0.15, -0.1) is 0 Å². The number of hydrogen-bond acceptors (Lipinski definition) is 5. The third-order valence-electron chi connectivity index (χ3n) is 7.65. The fourth-order valence-corrected chi connectivity index (χ4v) is 5.89. The third kappa shape index (κ3) is 4.59. The van der Waals surface area contributed by atoms with E-state index in [2.05, 4.69) is 20.1 Å². The van der Waals surface area contributed by atoms with Gasteiger partial charge in [-0.1, -0.05) is 0 Å². The first kappa shape index (κ1) is 25.7. The molecule has 0 bridgehead atoms. The van der Waals surface area contributed by atoms with Crippen molar-refractivity contribution in [3.8, 4) is 0 Å². The number of aryl methyl sites for hydroxylation is 1. The Balaban J connectivity index is 1.62. The van der Waals surface area contributed by atoms with Crippen LogP contribution < -0.4 is 15.5 Å². The van der Waals surface area contributed by atoms with Gasteiger partial charge in [-0.25, -0.2) is 4.58 Å². The van der Waals surface area contributed by atoms with Crippen LogP contribution in [-0.2, 0) is 14.4 Å². The minimum absolute atomic E-state index is 0.130. The van der Waals surface area contributed by atoms with Crippen LogP contribution in [0.15, 0.2) is 52.5 Å². The molecule has 8 nitrogen and oxygen atoms in total. The molecule has 0 atom stereocenters. The molecular formula is C30H35N4O4+. The van der Waals surface area contributed by atoms with Gasteiger partial charge in [0.25, 0.3) is 0 Å². The van der Waals surface area contributed by atoms with Crippen LogP contribution in [0.5, 0.6) is 0 Å². The van der Waals surface area contributed by atoms with E-state index in [1.165, 1.54) is 13.8 Å². The number of benzene rings is 1. The summed E-state index contributed by atoms with van der Waals surface area (Å²) in [5.74, 6) is -0.948. The number of carbonyl (C=O) groups is 3. The molecule has 0 saturated carbocycles. The molecular weight excluding hydrogens is 480 g/mol. The standard InChI is InChI=1S/C30H34N4O4/c1-17-13-21(23(31-19(3)35)15-25(17)33-9-5-6-10-33)27-29(37)28(30(27)38)22-14-18(2)26(34-11-7-8-12-34)16-24(22)32-20(4)36/h13-16H,5-12H2,1-4H3,(H2,31,32,35,36,37,38)/p+1. The van der Waals surface area contributed by atoms with Gasteiger partial charge in [0.15, 0.2) is 0 Å². The minimum atomic E-state index is -0.317. The van der Waals surface area contributed by atoms with Crippen molar-refractivity contribution in [1.82, 2.24) is 5.32 Å². The van der Waals surface area contributed by atoms with E-state index in [1.54, 1.807) is 0 Å². The van der Waals surface area contributed by atoms with E-state index in [9.17, 15) is 19.5 Å². The van der Waals surface area contributed by atoms with Crippen LogP contribution >= 0.6 is 0 Å². The number of carbonyl (C=O) groups excluding carboxylic acids is 3. The fraction of sp³-hybridized carbons (Fsp3) is 0.400. The predicted octanol–water partition coefficient (Wildman–Crippen LogP) is 3.93. The van der Waals surface area contributed by atoms with Crippen molar-refractivity contribution in [3.05, 3.63) is 63.6 Å². The number of nitrogens with one attached hydrogen (secondary N) is 2. The van der Waals surface area contributed by atoms with Crippen molar-refractivity contribution < 1.29 is 24.1 Å². The molecule has 0 spiro atoms. The number of nitrogens with zero attached hydrogens (tertiary/aromatic N) is 2. The van der Waals surface area contributed by atoms with Crippen molar-refractivity contribution >= 4 is 40.3 Å². The van der Waals surface area contributed by atoms with Crippen LogP contribution in [0, 0.1) is 6.92 Å². The summed E-state index contributed by atoms with van der Waals surface area (Å²) in [5.41, 5.74) is 6.34. The summed E-state index contributed by atoms with van der Waals surface area (Å²) in [7, 11) is 0. The van der Waals surface area contributed by atoms with Gasteiger partial charge in [0.05, 0.1) is 22.5 Å². The Morgan fingerprint density at radius 3 is 2.18 bits per heavy atom. The zero-order valence-electron chi connectivity index (χ0n) is 22.5. The molecule has 2 aliphatic carbocycles. The lowest BCUT2D eigenvalue weighted by Gasteiger charge is -2.29. The highest BCUT2D eigenvalue weighted by molar-refractivity contribution is 6.40. The lowest BCUT2D eigenvalue weighted by molar-refractivity contribution is -0.504. The number of aliphatic hydroxyl groups excluding tert-OH is 1. The first-order valence-corrected chi connectivity index (χ1v) is 13.4. The summed E-state index contributed by atoms with van der Waals surface area (Å²) >= 11 is 0. The van der Waals surface area contributed by atoms with Crippen LogP contribution in [0.4, 0.5) is 11.4 Å². The van der Waals surface area contributed by atoms with Gasteiger partial charge >= 0.3 is 0 Å². The molecule has 0 unspecified atom stereocenters. The van der Waals surface area contributed by atoms with Crippen molar-refractivity contribution in [3.63, 3.8) is 0 Å². The number of ketones is 1. The fourth-order valence-electron chi connectivity index (χ4n) is 5.89. The summed E-state index contributed by atoms with van der Waals surface area (Å²) in [6.07, 6.45) is 8.24. The first-order valence-electron chi connectivity index (χ1n) is 13.4. The minimum Gasteiger partial charge on any atom is -0.506 e. The summed E-state index contributed by atoms with van der Waals surface area (Å²) in [6, 6.07) is 3.77. The van der Waals surface area contributed by atoms with Gasteiger partial charge in [0.1, 0.15) is 18.8 Å². The molecule has 198 valence electrons. The maximum absolute atomic E-state index is 13.7. The number of anilines is 2. The van der Waals surface area contributed by atoms with Gasteiger partial charge in [0.2, 0.25) is 23.3 Å². The van der Waals surface area contributed by atoms with Gasteiger partial charge in [-0.3, -0.25) is 14.4 Å². The Morgan fingerprint density at radius 2 is 1.58 bits per heavy atom. The summed E-state index contributed by atoms with van der Waals surface area (Å²) in [6.45, 7) is 10.6. The largest absolute Gasteiger partial charge is 0.506 e. The molecule has 2 heterocycles. The van der Waals surface area contributed by atoms with Crippen LogP contribution in [-0.4, -0.2) is 59.2 Å². The average molecular weight is 516 g/mol. The predicted molar refractivity (Wildman–Crippen MR) is 148 cm³/mol. The summed E-state index contributed by atoms with van der Waals surface area (Å²) < 4.78 is 2.28. The Morgan fingerprint density at radius 1 is 0.921 bits per heavy atom. The number of Topliss-reactive ketones (excluding diaryl/α,β-unsaturated/α-hetero) is 1. The molecule has 8 heteroatoms. The highest BCUT2D eigenvalue weighted by atomic mass is 16.3.